The second kappa shape index (κ2) is 33.4. The zero-order chi connectivity index (χ0) is 51.6. The molecule has 2 unspecified atom stereocenters. The molecule has 0 aliphatic carbocycles. The molecular formula is C50H46I5N6O7V2. The second-order valence-corrected chi connectivity index (χ2v) is 62.0. The van der Waals surface area contributed by atoms with Gasteiger partial charge in [-0.25, -0.2) is 9.69 Å². The quantitative estimate of drug-likeness (QED) is 0.0358. The first-order valence-electron chi connectivity index (χ1n) is 20.8. The predicted molar refractivity (Wildman–Crippen MR) is 308 cm³/mol. The van der Waals surface area contributed by atoms with Crippen LogP contribution >= 0.6 is 99.9 Å². The number of rotatable bonds is 14. The number of ether oxygens (including phenoxy) is 2. The molecule has 0 saturated carbocycles. The van der Waals surface area contributed by atoms with E-state index in [1.165, 1.54) is 26.6 Å². The molecule has 2 aromatic heterocycles. The Labute approximate surface area is 475 Å². The van der Waals surface area contributed by atoms with Gasteiger partial charge in [0.15, 0.2) is 23.8 Å². The number of nitrogens with zero attached hydrogens (tertiary/aromatic N) is 4. The van der Waals surface area contributed by atoms with Crippen molar-refractivity contribution in [1.29, 1.82) is 0 Å². The van der Waals surface area contributed by atoms with Crippen LogP contribution in [-0.2, 0) is 46.3 Å². The van der Waals surface area contributed by atoms with E-state index in [4.69, 9.17) is 22.6 Å². The van der Waals surface area contributed by atoms with E-state index in [9.17, 15) is 24.4 Å². The summed E-state index contributed by atoms with van der Waals surface area (Å²) in [5.41, 5.74) is 7.36. The molecule has 0 bridgehead atoms. The zero-order valence-electron chi connectivity index (χ0n) is 38.0. The van der Waals surface area contributed by atoms with Crippen LogP contribution in [0.2, 0.25) is 0 Å². The van der Waals surface area contributed by atoms with Gasteiger partial charge >= 0.3 is 126 Å². The zero-order valence-corrected chi connectivity index (χ0v) is 51.6. The van der Waals surface area contributed by atoms with Crippen molar-refractivity contribution in [1.82, 2.24) is 15.6 Å². The minimum absolute atomic E-state index is 0.266. The average molecular weight is 1580 g/mol. The third kappa shape index (κ3) is 21.4. The molecule has 4 atom stereocenters. The molecule has 2 amide bonds. The van der Waals surface area contributed by atoms with Gasteiger partial charge in [-0.2, -0.15) is 4.73 Å². The van der Waals surface area contributed by atoms with Crippen LogP contribution in [0.25, 0.3) is 31.9 Å². The topological polar surface area (TPSA) is 159 Å². The summed E-state index contributed by atoms with van der Waals surface area (Å²) in [6.45, 7) is 17.9. The molecule has 0 aliphatic heterocycles. The number of carbonyl (C=O) groups excluding carboxylic acids is 4. The van der Waals surface area contributed by atoms with Crippen LogP contribution in [0.3, 0.4) is 0 Å². The standard InChI is InChI=1S/C25H23N3O4.C25H23N3O3.5HI.2V/c1-17(23(25(30)32-3)16-18-5-4-6-22(15-18)26-2)27-24(29)21-9-7-19(8-10-21)20-11-13-28(31)14-12-20;1-17(23(25(30)31-3)16-18-5-4-6-22(15-18)26-2)28-24(29)21-9-7-19(8-10-21)20-11-13-27-14-12-20;;;;;;;/h4-15,17,23H,16H2,1,3H3,(H,27,29);4-15,17,23H,16H2,1,3H3,(H,28,29);5*1H;;/q;;;;;;;+2;+3/p-5/t2*17-,23?;;;;;;;/m11......./s1. The van der Waals surface area contributed by atoms with Crippen LogP contribution in [-0.4, -0.2) is 55.0 Å². The summed E-state index contributed by atoms with van der Waals surface area (Å²) < 4.78 is 10.6. The molecular weight excluding hydrogens is 1530 g/mol. The summed E-state index contributed by atoms with van der Waals surface area (Å²) in [6.07, 6.45) is 6.97. The molecule has 363 valence electrons. The maximum atomic E-state index is 12.8. The molecule has 0 fully saturated rings. The Morgan fingerprint density at radius 3 is 1.33 bits per heavy atom. The second-order valence-electron chi connectivity index (χ2n) is 14.8. The SMILES string of the molecule is [C-]#[N+]c1cccc(CC(C(=O)OC)[C@@H](C)NC(=O)c2ccc(-c3cc[n+]([O-])cc3)cc2)c1.[C-]#[N+]c1cccc(CC(C(=O)OC)[C@@H](C)NC(=O)c2ccc(-c3ccncc3)cc2)c1.[I][V]([I])[I].[I][V][I]. The summed E-state index contributed by atoms with van der Waals surface area (Å²) >= 11 is 12.1. The van der Waals surface area contributed by atoms with Gasteiger partial charge in [-0.3, -0.25) is 24.2 Å². The van der Waals surface area contributed by atoms with Crippen molar-refractivity contribution in [2.45, 2.75) is 38.8 Å². The molecule has 0 radical (unpaired) electrons. The van der Waals surface area contributed by atoms with Crippen molar-refractivity contribution >= 4 is 135 Å². The third-order valence-electron chi connectivity index (χ3n) is 10.4. The number of hydrogen-bond acceptors (Lipinski definition) is 8. The maximum absolute atomic E-state index is 12.8. The predicted octanol–water partition coefficient (Wildman–Crippen LogP) is 12.6. The molecule has 0 spiro atoms. The number of nitrogens with one attached hydrogen (secondary N) is 2. The number of benzene rings is 4. The summed E-state index contributed by atoms with van der Waals surface area (Å²) in [5, 5.41) is 17.0. The van der Waals surface area contributed by atoms with Gasteiger partial charge in [-0.15, -0.1) is 0 Å². The monoisotopic (exact) mass is 1580 g/mol. The first-order chi connectivity index (χ1) is 33.6. The molecule has 6 rings (SSSR count). The fraction of sp³-hybridized carbons (Fsp3) is 0.200. The first kappa shape index (κ1) is 61.0. The van der Waals surface area contributed by atoms with Gasteiger partial charge in [0, 0.05) is 47.7 Å². The molecule has 0 saturated heterocycles. The van der Waals surface area contributed by atoms with Crippen molar-refractivity contribution in [3.05, 3.63) is 196 Å². The molecule has 2 heterocycles. The van der Waals surface area contributed by atoms with Gasteiger partial charge in [0.05, 0.1) is 39.2 Å². The van der Waals surface area contributed by atoms with E-state index < -0.39 is 35.9 Å². The van der Waals surface area contributed by atoms with Crippen molar-refractivity contribution in [2.24, 2.45) is 11.8 Å². The Morgan fingerprint density at radius 1 is 0.643 bits per heavy atom. The number of methoxy groups -OCH3 is 2. The number of halogens is 5. The fourth-order valence-electron chi connectivity index (χ4n) is 6.80. The number of hydrogen-bond donors (Lipinski definition) is 2. The van der Waals surface area contributed by atoms with E-state index in [1.807, 2.05) is 36.4 Å². The van der Waals surface area contributed by atoms with E-state index in [0.29, 0.717) is 49.5 Å². The van der Waals surface area contributed by atoms with E-state index in [1.54, 1.807) is 111 Å². The van der Waals surface area contributed by atoms with E-state index >= 15 is 0 Å². The van der Waals surface area contributed by atoms with Crippen molar-refractivity contribution in [2.75, 3.05) is 14.2 Å². The van der Waals surface area contributed by atoms with Crippen LogP contribution in [0.15, 0.2) is 146 Å². The van der Waals surface area contributed by atoms with Crippen LogP contribution in [0.1, 0.15) is 45.7 Å². The summed E-state index contributed by atoms with van der Waals surface area (Å²) in [5.74, 6) is -2.59. The van der Waals surface area contributed by atoms with E-state index in [0.717, 1.165) is 33.4 Å². The van der Waals surface area contributed by atoms with Gasteiger partial charge < -0.3 is 25.3 Å². The molecule has 6 aromatic rings. The fourth-order valence-corrected chi connectivity index (χ4v) is 6.80. The number of aromatic nitrogens is 2. The Balaban J connectivity index is 0.000000327. The van der Waals surface area contributed by atoms with Crippen LogP contribution < -0.4 is 15.4 Å². The number of pyridine rings is 2. The number of amides is 2. The summed E-state index contributed by atoms with van der Waals surface area (Å²) in [7, 11) is 3.27. The molecule has 13 nitrogen and oxygen atoms in total. The number of esters is 2. The molecule has 4 aromatic carbocycles. The number of carbonyl (C=O) groups is 4. The van der Waals surface area contributed by atoms with Crippen LogP contribution in [0.5, 0.6) is 0 Å². The third-order valence-corrected chi connectivity index (χ3v) is 10.4. The summed E-state index contributed by atoms with van der Waals surface area (Å²) in [4.78, 5) is 60.9. The van der Waals surface area contributed by atoms with Gasteiger partial charge in [-0.05, 0) is 85.3 Å². The van der Waals surface area contributed by atoms with Crippen molar-refractivity contribution < 1.29 is 47.8 Å². The van der Waals surface area contributed by atoms with Crippen LogP contribution in [0.4, 0.5) is 11.4 Å². The molecule has 70 heavy (non-hydrogen) atoms. The van der Waals surface area contributed by atoms with E-state index in [-0.39, 0.29) is 16.7 Å². The van der Waals surface area contributed by atoms with Crippen molar-refractivity contribution in [3.8, 4) is 22.3 Å². The first-order valence-corrected chi connectivity index (χ1v) is 43.3. The summed E-state index contributed by atoms with van der Waals surface area (Å²) in [6, 6.07) is 34.7. The van der Waals surface area contributed by atoms with E-state index in [2.05, 4.69) is 125 Å². The molecule has 20 heteroatoms. The van der Waals surface area contributed by atoms with Gasteiger partial charge in [-0.1, -0.05) is 83.9 Å². The van der Waals surface area contributed by atoms with Gasteiger partial charge in [0.2, 0.25) is 0 Å². The van der Waals surface area contributed by atoms with Gasteiger partial charge in [0.1, 0.15) is 0 Å². The Bertz CT molecular complexity index is 2690. The normalized spacial score (nSPS) is 11.8. The molecule has 0 aliphatic rings. The van der Waals surface area contributed by atoms with Crippen molar-refractivity contribution in [3.63, 3.8) is 0 Å². The Hall–Kier alpha value is -3.34. The Morgan fingerprint density at radius 2 is 0.986 bits per heavy atom. The van der Waals surface area contributed by atoms with Crippen LogP contribution in [0, 0.1) is 30.2 Å². The Kier molecular flexibility index (Phi) is 29.1. The van der Waals surface area contributed by atoms with Gasteiger partial charge in [0.25, 0.3) is 11.8 Å². The average Bonchev–Trinajstić information content (AvgIpc) is 3.37. The molecule has 2 N–H and O–H groups in total. The minimum atomic E-state index is -0.604.